The summed E-state index contributed by atoms with van der Waals surface area (Å²) in [6.45, 7) is 3.98. The van der Waals surface area contributed by atoms with E-state index in [1.165, 1.54) is 11.8 Å². The molecule has 140 valence electrons. The van der Waals surface area contributed by atoms with Crippen LogP contribution >= 0.6 is 27.7 Å². The van der Waals surface area contributed by atoms with Gasteiger partial charge in [0.2, 0.25) is 0 Å². The maximum Gasteiger partial charge on any atom is 0.274 e. The van der Waals surface area contributed by atoms with Gasteiger partial charge < -0.3 is 5.32 Å². The van der Waals surface area contributed by atoms with Crippen LogP contribution in [0.5, 0.6) is 0 Å². The molecule has 1 aromatic carbocycles. The maximum absolute atomic E-state index is 12.7. The van der Waals surface area contributed by atoms with Gasteiger partial charge in [0, 0.05) is 28.7 Å². The SMILES string of the molecule is CCC(C)NC(=O)c1nnn(-c2ccc(Br)cc2)c1CSc1ncccn1. The van der Waals surface area contributed by atoms with E-state index in [1.54, 1.807) is 23.1 Å². The predicted molar refractivity (Wildman–Crippen MR) is 108 cm³/mol. The maximum atomic E-state index is 12.7. The molecule has 27 heavy (non-hydrogen) atoms. The zero-order chi connectivity index (χ0) is 19.2. The first-order valence-corrected chi connectivity index (χ1v) is 10.3. The van der Waals surface area contributed by atoms with E-state index >= 15 is 0 Å². The molecule has 2 heterocycles. The normalized spacial score (nSPS) is 12.0. The highest BCUT2D eigenvalue weighted by atomic mass is 79.9. The molecule has 7 nitrogen and oxygen atoms in total. The lowest BCUT2D eigenvalue weighted by molar-refractivity contribution is 0.0933. The molecule has 0 saturated heterocycles. The van der Waals surface area contributed by atoms with Crippen molar-refractivity contribution in [3.8, 4) is 5.69 Å². The zero-order valence-corrected chi connectivity index (χ0v) is 17.4. The largest absolute Gasteiger partial charge is 0.348 e. The molecule has 0 aliphatic heterocycles. The number of aromatic nitrogens is 5. The monoisotopic (exact) mass is 446 g/mol. The Morgan fingerprint density at radius 1 is 1.26 bits per heavy atom. The molecule has 3 aromatic rings. The number of carbonyl (C=O) groups is 1. The summed E-state index contributed by atoms with van der Waals surface area (Å²) < 4.78 is 2.66. The number of carbonyl (C=O) groups excluding carboxylic acids is 1. The second kappa shape index (κ2) is 9.09. The number of rotatable bonds is 7. The fraction of sp³-hybridized carbons (Fsp3) is 0.278. The topological polar surface area (TPSA) is 85.6 Å². The van der Waals surface area contributed by atoms with E-state index in [1.807, 2.05) is 38.1 Å². The third kappa shape index (κ3) is 4.92. The van der Waals surface area contributed by atoms with Crippen molar-refractivity contribution in [3.05, 3.63) is 58.6 Å². The average molecular weight is 447 g/mol. The van der Waals surface area contributed by atoms with Crippen molar-refractivity contribution in [1.29, 1.82) is 0 Å². The van der Waals surface area contributed by atoms with Crippen LogP contribution in [0, 0.1) is 0 Å². The Kier molecular flexibility index (Phi) is 6.57. The molecule has 0 bridgehead atoms. The van der Waals surface area contributed by atoms with Crippen molar-refractivity contribution in [2.45, 2.75) is 37.2 Å². The molecule has 1 atom stereocenters. The second-order valence-corrected chi connectivity index (χ2v) is 7.73. The number of amides is 1. The first-order valence-electron chi connectivity index (χ1n) is 8.49. The molecule has 0 aliphatic rings. The summed E-state index contributed by atoms with van der Waals surface area (Å²) in [5.74, 6) is 0.244. The van der Waals surface area contributed by atoms with Crippen LogP contribution in [0.2, 0.25) is 0 Å². The summed E-state index contributed by atoms with van der Waals surface area (Å²) in [7, 11) is 0. The van der Waals surface area contributed by atoms with Gasteiger partial charge in [-0.05, 0) is 43.7 Å². The Bertz CT molecular complexity index is 900. The van der Waals surface area contributed by atoms with Gasteiger partial charge in [-0.2, -0.15) is 0 Å². The molecule has 2 aromatic heterocycles. The van der Waals surface area contributed by atoms with Crippen LogP contribution in [0.15, 0.2) is 52.4 Å². The molecule has 0 fully saturated rings. The number of hydrogen-bond acceptors (Lipinski definition) is 6. The quantitative estimate of drug-likeness (QED) is 0.440. The van der Waals surface area contributed by atoms with Crippen LogP contribution in [0.4, 0.5) is 0 Å². The lowest BCUT2D eigenvalue weighted by atomic mass is 10.2. The number of nitrogens with zero attached hydrogens (tertiary/aromatic N) is 5. The van der Waals surface area contributed by atoms with Gasteiger partial charge in [0.15, 0.2) is 10.9 Å². The van der Waals surface area contributed by atoms with Crippen molar-refractivity contribution < 1.29 is 4.79 Å². The van der Waals surface area contributed by atoms with E-state index in [9.17, 15) is 4.79 Å². The molecule has 9 heteroatoms. The van der Waals surface area contributed by atoms with Gasteiger partial charge in [-0.15, -0.1) is 5.10 Å². The van der Waals surface area contributed by atoms with Crippen molar-refractivity contribution in [3.63, 3.8) is 0 Å². The lowest BCUT2D eigenvalue weighted by Gasteiger charge is -2.11. The third-order valence-corrected chi connectivity index (χ3v) is 5.33. The average Bonchev–Trinajstić information content (AvgIpc) is 3.11. The van der Waals surface area contributed by atoms with E-state index in [0.29, 0.717) is 22.3 Å². The van der Waals surface area contributed by atoms with E-state index < -0.39 is 0 Å². The Morgan fingerprint density at radius 2 is 1.96 bits per heavy atom. The van der Waals surface area contributed by atoms with Gasteiger partial charge in [0.05, 0.1) is 11.4 Å². The Labute approximate surface area is 170 Å². The molecule has 1 amide bonds. The van der Waals surface area contributed by atoms with Crippen LogP contribution in [0.3, 0.4) is 0 Å². The molecular weight excluding hydrogens is 428 g/mol. The number of hydrogen-bond donors (Lipinski definition) is 1. The van der Waals surface area contributed by atoms with Gasteiger partial charge in [0.25, 0.3) is 5.91 Å². The summed E-state index contributed by atoms with van der Waals surface area (Å²) in [5, 5.41) is 12.0. The molecule has 0 saturated carbocycles. The first-order chi connectivity index (χ1) is 13.1. The third-order valence-electron chi connectivity index (χ3n) is 3.92. The lowest BCUT2D eigenvalue weighted by Crippen LogP contribution is -2.32. The minimum atomic E-state index is -0.225. The van der Waals surface area contributed by atoms with Crippen molar-refractivity contribution >= 4 is 33.6 Å². The number of halogens is 1. The summed E-state index contributed by atoms with van der Waals surface area (Å²) >= 11 is 4.87. The van der Waals surface area contributed by atoms with Gasteiger partial charge in [-0.25, -0.2) is 14.6 Å². The zero-order valence-electron chi connectivity index (χ0n) is 15.0. The highest BCUT2D eigenvalue weighted by Crippen LogP contribution is 2.23. The van der Waals surface area contributed by atoms with Crippen LogP contribution < -0.4 is 5.32 Å². The van der Waals surface area contributed by atoms with Crippen LogP contribution in [-0.4, -0.2) is 36.9 Å². The number of thioether (sulfide) groups is 1. The van der Waals surface area contributed by atoms with Gasteiger partial charge in [0.1, 0.15) is 0 Å². The molecular formula is C18H19BrN6OS. The highest BCUT2D eigenvalue weighted by Gasteiger charge is 2.22. The summed E-state index contributed by atoms with van der Waals surface area (Å²) in [6.07, 6.45) is 4.22. The second-order valence-electron chi connectivity index (χ2n) is 5.88. The summed E-state index contributed by atoms with van der Waals surface area (Å²) in [6, 6.07) is 9.52. The molecule has 1 unspecified atom stereocenters. The Balaban J connectivity index is 1.93. The minimum absolute atomic E-state index is 0.0632. The standard InChI is InChI=1S/C18H19BrN6OS/c1-3-12(2)22-17(26)16-15(11-27-18-20-9-4-10-21-18)25(24-23-16)14-7-5-13(19)6-8-14/h4-10,12H,3,11H2,1-2H3,(H,22,26). The van der Waals surface area contributed by atoms with Crippen molar-refractivity contribution in [2.75, 3.05) is 0 Å². The van der Waals surface area contributed by atoms with Crippen molar-refractivity contribution in [2.24, 2.45) is 0 Å². The molecule has 3 rings (SSSR count). The first kappa shape index (κ1) is 19.5. The predicted octanol–water partition coefficient (Wildman–Crippen LogP) is 3.64. The Hall–Kier alpha value is -2.26. The number of nitrogens with one attached hydrogen (secondary N) is 1. The summed E-state index contributed by atoms with van der Waals surface area (Å²) in [5.41, 5.74) is 1.86. The van der Waals surface area contributed by atoms with E-state index in [-0.39, 0.29) is 11.9 Å². The van der Waals surface area contributed by atoms with Gasteiger partial charge in [-0.1, -0.05) is 39.8 Å². The van der Waals surface area contributed by atoms with Gasteiger partial charge >= 0.3 is 0 Å². The molecule has 0 aliphatic carbocycles. The molecule has 1 N–H and O–H groups in total. The van der Waals surface area contributed by atoms with Crippen LogP contribution in [0.25, 0.3) is 5.69 Å². The fourth-order valence-corrected chi connectivity index (χ4v) is 3.34. The molecule has 0 spiro atoms. The van der Waals surface area contributed by atoms with Gasteiger partial charge in [-0.3, -0.25) is 4.79 Å². The smallest absolute Gasteiger partial charge is 0.274 e. The fourth-order valence-electron chi connectivity index (χ4n) is 2.28. The van der Waals surface area contributed by atoms with E-state index in [4.69, 9.17) is 0 Å². The number of benzene rings is 1. The minimum Gasteiger partial charge on any atom is -0.348 e. The van der Waals surface area contributed by atoms with E-state index in [2.05, 4.69) is 41.5 Å². The van der Waals surface area contributed by atoms with Crippen molar-refractivity contribution in [1.82, 2.24) is 30.3 Å². The van der Waals surface area contributed by atoms with E-state index in [0.717, 1.165) is 16.6 Å². The van der Waals surface area contributed by atoms with Crippen LogP contribution in [-0.2, 0) is 5.75 Å². The van der Waals surface area contributed by atoms with Crippen LogP contribution in [0.1, 0.15) is 36.5 Å². The Morgan fingerprint density at radius 3 is 2.63 bits per heavy atom. The highest BCUT2D eigenvalue weighted by molar-refractivity contribution is 9.10. The summed E-state index contributed by atoms with van der Waals surface area (Å²) in [4.78, 5) is 21.1. The molecule has 0 radical (unpaired) electrons.